The molecule has 0 aliphatic rings. The second-order valence-corrected chi connectivity index (χ2v) is 7.50. The van der Waals surface area contributed by atoms with Gasteiger partial charge in [0.25, 0.3) is 5.91 Å². The number of carbonyl (C=O) groups excluding carboxylic acids is 1. The maximum absolute atomic E-state index is 12.1. The van der Waals surface area contributed by atoms with Gasteiger partial charge in [-0.3, -0.25) is 4.79 Å². The molecule has 3 aromatic carbocycles. The first-order valence-corrected chi connectivity index (χ1v) is 9.98. The summed E-state index contributed by atoms with van der Waals surface area (Å²) in [4.78, 5) is 16.6. The van der Waals surface area contributed by atoms with Gasteiger partial charge in [-0.25, -0.2) is 4.98 Å². The van der Waals surface area contributed by atoms with Gasteiger partial charge >= 0.3 is 0 Å². The van der Waals surface area contributed by atoms with Crippen LogP contribution in [0.15, 0.2) is 65.1 Å². The number of halogens is 1. The van der Waals surface area contributed by atoms with Crippen molar-refractivity contribution in [2.45, 2.75) is 20.4 Å². The number of hydrogen-bond acceptors (Lipinski definition) is 4. The van der Waals surface area contributed by atoms with E-state index in [1.165, 1.54) is 0 Å². The summed E-state index contributed by atoms with van der Waals surface area (Å²) in [5.41, 5.74) is 5.29. The number of ether oxygens (including phenoxy) is 1. The lowest BCUT2D eigenvalue weighted by Gasteiger charge is -2.10. The third kappa shape index (κ3) is 4.47. The molecule has 6 heteroatoms. The number of para-hydroxylation sites is 2. The molecule has 1 aromatic heterocycles. The SMILES string of the molecule is Cc1cc(OCC(=O)NCc2ccc(-c3nc4ccccc4o3)cc2)cc(C)c1Cl. The van der Waals surface area contributed by atoms with Crippen LogP contribution in [0.5, 0.6) is 5.75 Å². The number of carbonyl (C=O) groups is 1. The molecular weight excluding hydrogens is 400 g/mol. The Kier molecular flexibility index (Phi) is 5.72. The predicted octanol–water partition coefficient (Wildman–Crippen LogP) is 5.46. The quantitative estimate of drug-likeness (QED) is 0.449. The number of oxazole rings is 1. The monoisotopic (exact) mass is 420 g/mol. The van der Waals surface area contributed by atoms with Crippen LogP contribution in [-0.2, 0) is 11.3 Å². The summed E-state index contributed by atoms with van der Waals surface area (Å²) in [6.07, 6.45) is 0. The number of rotatable bonds is 6. The summed E-state index contributed by atoms with van der Waals surface area (Å²) in [6, 6.07) is 19.1. The molecule has 5 nitrogen and oxygen atoms in total. The lowest BCUT2D eigenvalue weighted by Crippen LogP contribution is -2.28. The molecule has 0 aliphatic carbocycles. The summed E-state index contributed by atoms with van der Waals surface area (Å²) in [7, 11) is 0. The number of aromatic nitrogens is 1. The number of nitrogens with zero attached hydrogens (tertiary/aromatic N) is 1. The molecule has 0 radical (unpaired) electrons. The van der Waals surface area contributed by atoms with Gasteiger partial charge in [0.05, 0.1) is 0 Å². The minimum Gasteiger partial charge on any atom is -0.484 e. The highest BCUT2D eigenvalue weighted by Gasteiger charge is 2.09. The molecule has 0 atom stereocenters. The van der Waals surface area contributed by atoms with Gasteiger partial charge in [0, 0.05) is 17.1 Å². The van der Waals surface area contributed by atoms with E-state index in [0.717, 1.165) is 33.4 Å². The van der Waals surface area contributed by atoms with E-state index in [-0.39, 0.29) is 12.5 Å². The number of benzene rings is 3. The van der Waals surface area contributed by atoms with Crippen LogP contribution < -0.4 is 10.1 Å². The molecule has 1 N–H and O–H groups in total. The van der Waals surface area contributed by atoms with Crippen molar-refractivity contribution in [2.24, 2.45) is 0 Å². The Morgan fingerprint density at radius 3 is 2.47 bits per heavy atom. The van der Waals surface area contributed by atoms with Gasteiger partial charge in [-0.15, -0.1) is 0 Å². The minimum atomic E-state index is -0.191. The van der Waals surface area contributed by atoms with E-state index < -0.39 is 0 Å². The van der Waals surface area contributed by atoms with Crippen molar-refractivity contribution >= 4 is 28.6 Å². The zero-order valence-corrected chi connectivity index (χ0v) is 17.5. The first kappa shape index (κ1) is 20.0. The molecule has 30 heavy (non-hydrogen) atoms. The van der Waals surface area contributed by atoms with Crippen LogP contribution in [0.25, 0.3) is 22.6 Å². The third-order valence-corrected chi connectivity index (χ3v) is 5.36. The van der Waals surface area contributed by atoms with Crippen molar-refractivity contribution in [2.75, 3.05) is 6.61 Å². The van der Waals surface area contributed by atoms with E-state index in [1.54, 1.807) is 0 Å². The predicted molar refractivity (Wildman–Crippen MR) is 118 cm³/mol. The summed E-state index contributed by atoms with van der Waals surface area (Å²) in [5, 5.41) is 3.58. The molecule has 0 bridgehead atoms. The Bertz CT molecular complexity index is 1140. The molecule has 4 rings (SSSR count). The Balaban J connectivity index is 1.32. The van der Waals surface area contributed by atoms with Gasteiger partial charge in [-0.05, 0) is 66.9 Å². The highest BCUT2D eigenvalue weighted by molar-refractivity contribution is 6.32. The highest BCUT2D eigenvalue weighted by atomic mass is 35.5. The third-order valence-electron chi connectivity index (χ3n) is 4.76. The normalized spacial score (nSPS) is 10.9. The maximum Gasteiger partial charge on any atom is 0.258 e. The van der Waals surface area contributed by atoms with Crippen LogP contribution in [0.1, 0.15) is 16.7 Å². The highest BCUT2D eigenvalue weighted by Crippen LogP contribution is 2.26. The summed E-state index contributed by atoms with van der Waals surface area (Å²) in [5.74, 6) is 1.02. The number of aryl methyl sites for hydroxylation is 2. The minimum absolute atomic E-state index is 0.0541. The topological polar surface area (TPSA) is 64.4 Å². The molecule has 0 spiro atoms. The number of fused-ring (bicyclic) bond motifs is 1. The zero-order valence-electron chi connectivity index (χ0n) is 16.7. The largest absolute Gasteiger partial charge is 0.484 e. The molecular formula is C24H21ClN2O3. The lowest BCUT2D eigenvalue weighted by molar-refractivity contribution is -0.123. The van der Waals surface area contributed by atoms with Gasteiger partial charge in [0.1, 0.15) is 11.3 Å². The van der Waals surface area contributed by atoms with Crippen molar-refractivity contribution < 1.29 is 13.9 Å². The number of hydrogen-bond donors (Lipinski definition) is 1. The number of amides is 1. The molecule has 0 unspecified atom stereocenters. The Morgan fingerprint density at radius 2 is 1.77 bits per heavy atom. The van der Waals surface area contributed by atoms with Crippen LogP contribution in [-0.4, -0.2) is 17.5 Å². The smallest absolute Gasteiger partial charge is 0.258 e. The average Bonchev–Trinajstić information content (AvgIpc) is 3.19. The Morgan fingerprint density at radius 1 is 1.07 bits per heavy atom. The Hall–Kier alpha value is -3.31. The second-order valence-electron chi connectivity index (χ2n) is 7.12. The fourth-order valence-corrected chi connectivity index (χ4v) is 3.26. The summed E-state index contributed by atoms with van der Waals surface area (Å²) < 4.78 is 11.4. The molecule has 0 fully saturated rings. The summed E-state index contributed by atoms with van der Waals surface area (Å²) >= 11 is 6.16. The lowest BCUT2D eigenvalue weighted by atomic mass is 10.1. The van der Waals surface area contributed by atoms with Gasteiger partial charge in [0.15, 0.2) is 12.2 Å². The fourth-order valence-electron chi connectivity index (χ4n) is 3.15. The molecule has 4 aromatic rings. The molecule has 0 saturated carbocycles. The van der Waals surface area contributed by atoms with E-state index in [2.05, 4.69) is 10.3 Å². The van der Waals surface area contributed by atoms with Gasteiger partial charge in [-0.1, -0.05) is 35.9 Å². The summed E-state index contributed by atoms with van der Waals surface area (Å²) in [6.45, 7) is 4.18. The average molecular weight is 421 g/mol. The van der Waals surface area contributed by atoms with Crippen LogP contribution in [0.2, 0.25) is 5.02 Å². The fraction of sp³-hybridized carbons (Fsp3) is 0.167. The molecule has 1 amide bonds. The van der Waals surface area contributed by atoms with Crippen LogP contribution in [0.4, 0.5) is 0 Å². The van der Waals surface area contributed by atoms with E-state index in [4.69, 9.17) is 20.8 Å². The van der Waals surface area contributed by atoms with Gasteiger partial charge in [0.2, 0.25) is 5.89 Å². The first-order chi connectivity index (χ1) is 14.5. The van der Waals surface area contributed by atoms with Crippen molar-refractivity contribution in [3.63, 3.8) is 0 Å². The van der Waals surface area contributed by atoms with Crippen molar-refractivity contribution in [3.8, 4) is 17.2 Å². The van der Waals surface area contributed by atoms with Crippen LogP contribution in [0.3, 0.4) is 0 Å². The van der Waals surface area contributed by atoms with Crippen LogP contribution >= 0.6 is 11.6 Å². The van der Waals surface area contributed by atoms with E-state index in [0.29, 0.717) is 23.2 Å². The van der Waals surface area contributed by atoms with E-state index in [1.807, 2.05) is 74.5 Å². The standard InChI is InChI=1S/C24H21ClN2O3/c1-15-11-19(12-16(2)23(15)25)29-14-22(28)26-13-17-7-9-18(10-8-17)24-27-20-5-3-4-6-21(20)30-24/h3-12H,13-14H2,1-2H3,(H,26,28). The van der Waals surface area contributed by atoms with Crippen molar-refractivity contribution in [1.29, 1.82) is 0 Å². The van der Waals surface area contributed by atoms with Gasteiger partial charge < -0.3 is 14.5 Å². The van der Waals surface area contributed by atoms with E-state index in [9.17, 15) is 4.79 Å². The number of nitrogens with one attached hydrogen (secondary N) is 1. The van der Waals surface area contributed by atoms with Crippen molar-refractivity contribution in [1.82, 2.24) is 10.3 Å². The molecule has 152 valence electrons. The second kappa shape index (κ2) is 8.59. The molecule has 1 heterocycles. The first-order valence-electron chi connectivity index (χ1n) is 9.61. The van der Waals surface area contributed by atoms with Crippen LogP contribution in [0, 0.1) is 13.8 Å². The maximum atomic E-state index is 12.1. The Labute approximate surface area is 179 Å². The molecule has 0 saturated heterocycles. The zero-order chi connectivity index (χ0) is 21.1. The molecule has 0 aliphatic heterocycles. The van der Waals surface area contributed by atoms with Crippen molar-refractivity contribution in [3.05, 3.63) is 82.4 Å². The van der Waals surface area contributed by atoms with Gasteiger partial charge in [-0.2, -0.15) is 0 Å². The van der Waals surface area contributed by atoms with E-state index >= 15 is 0 Å².